The van der Waals surface area contributed by atoms with Crippen molar-refractivity contribution in [3.63, 3.8) is 0 Å². The molecule has 2 heterocycles. The third kappa shape index (κ3) is 3.25. The highest BCUT2D eigenvalue weighted by molar-refractivity contribution is 5.93. The molecule has 0 spiro atoms. The molecule has 0 atom stereocenters. The number of hydrogen-bond donors (Lipinski definition) is 2. The molecule has 0 aliphatic carbocycles. The lowest BCUT2D eigenvalue weighted by Crippen LogP contribution is -2.22. The third-order valence-corrected chi connectivity index (χ3v) is 2.42. The number of hydrogen-bond acceptors (Lipinski definition) is 5. The highest BCUT2D eigenvalue weighted by atomic mass is 16.6. The number of aryl methyl sites for hydroxylation is 1. The number of nitrogens with two attached hydrogens (primary N) is 1. The van der Waals surface area contributed by atoms with Crippen LogP contribution in [0.1, 0.15) is 5.56 Å². The number of aliphatic imine (C=N–C) groups is 1. The van der Waals surface area contributed by atoms with Crippen LogP contribution in [0.25, 0.3) is 0 Å². The van der Waals surface area contributed by atoms with Gasteiger partial charge in [0, 0.05) is 12.3 Å². The molecule has 0 saturated carbocycles. The van der Waals surface area contributed by atoms with Crippen LogP contribution < -0.4 is 11.1 Å². The zero-order chi connectivity index (χ0) is 14.5. The van der Waals surface area contributed by atoms with Crippen molar-refractivity contribution in [2.45, 2.75) is 6.92 Å². The molecule has 0 amide bonds. The lowest BCUT2D eigenvalue weighted by Gasteiger charge is -2.04. The smallest absolute Gasteiger partial charge is 0.287 e. The predicted octanol–water partition coefficient (Wildman–Crippen LogP) is 1.75. The van der Waals surface area contributed by atoms with E-state index >= 15 is 0 Å². The summed E-state index contributed by atoms with van der Waals surface area (Å²) in [6, 6.07) is 6.44. The van der Waals surface area contributed by atoms with E-state index < -0.39 is 4.92 Å². The number of nitrogens with zero attached hydrogens (tertiary/aromatic N) is 4. The second-order valence-corrected chi connectivity index (χ2v) is 3.92. The molecule has 0 radical (unpaired) electrons. The molecule has 2 aromatic heterocycles. The minimum atomic E-state index is -0.522. The van der Waals surface area contributed by atoms with E-state index in [0.29, 0.717) is 11.6 Å². The molecule has 0 aliphatic heterocycles. The van der Waals surface area contributed by atoms with E-state index in [1.165, 1.54) is 12.1 Å². The van der Waals surface area contributed by atoms with Crippen LogP contribution in [-0.4, -0.2) is 20.9 Å². The van der Waals surface area contributed by atoms with Crippen LogP contribution in [0.15, 0.2) is 41.7 Å². The van der Waals surface area contributed by atoms with Gasteiger partial charge in [0.1, 0.15) is 12.0 Å². The second kappa shape index (κ2) is 5.74. The number of anilines is 1. The Bertz CT molecular complexity index is 653. The van der Waals surface area contributed by atoms with Crippen molar-refractivity contribution in [2.75, 3.05) is 5.32 Å². The van der Waals surface area contributed by atoms with Gasteiger partial charge in [-0.25, -0.2) is 9.97 Å². The molecule has 0 aliphatic rings. The molecule has 8 nitrogen and oxygen atoms in total. The lowest BCUT2D eigenvalue weighted by molar-refractivity contribution is -0.385. The van der Waals surface area contributed by atoms with Gasteiger partial charge in [-0.15, -0.1) is 0 Å². The van der Waals surface area contributed by atoms with Crippen molar-refractivity contribution >= 4 is 23.3 Å². The van der Waals surface area contributed by atoms with Gasteiger partial charge in [0.05, 0.1) is 4.92 Å². The summed E-state index contributed by atoms with van der Waals surface area (Å²) in [4.78, 5) is 22.0. The van der Waals surface area contributed by atoms with Crippen LogP contribution in [-0.2, 0) is 0 Å². The quantitative estimate of drug-likeness (QED) is 0.380. The van der Waals surface area contributed by atoms with Crippen molar-refractivity contribution in [2.24, 2.45) is 10.7 Å². The number of nitro groups is 1. The minimum Gasteiger partial charge on any atom is -0.369 e. The van der Waals surface area contributed by atoms with Gasteiger partial charge < -0.3 is 11.1 Å². The minimum absolute atomic E-state index is 0.0911. The zero-order valence-electron chi connectivity index (χ0n) is 10.6. The highest BCUT2D eigenvalue weighted by Crippen LogP contribution is 2.14. The summed E-state index contributed by atoms with van der Waals surface area (Å²) in [5, 5.41) is 13.2. The van der Waals surface area contributed by atoms with Crippen molar-refractivity contribution in [3.05, 3.63) is 52.3 Å². The van der Waals surface area contributed by atoms with Crippen molar-refractivity contribution in [3.8, 4) is 0 Å². The van der Waals surface area contributed by atoms with E-state index in [9.17, 15) is 10.1 Å². The van der Waals surface area contributed by atoms with E-state index in [1.54, 1.807) is 12.3 Å². The van der Waals surface area contributed by atoms with E-state index in [4.69, 9.17) is 5.73 Å². The Kier molecular flexibility index (Phi) is 3.85. The number of aromatic nitrogens is 2. The van der Waals surface area contributed by atoms with Gasteiger partial charge in [0.15, 0.2) is 5.82 Å². The molecule has 0 saturated heterocycles. The first-order valence-corrected chi connectivity index (χ1v) is 5.69. The average molecular weight is 272 g/mol. The van der Waals surface area contributed by atoms with E-state index in [-0.39, 0.29) is 11.6 Å². The molecule has 20 heavy (non-hydrogen) atoms. The zero-order valence-corrected chi connectivity index (χ0v) is 10.6. The summed E-state index contributed by atoms with van der Waals surface area (Å²) in [7, 11) is 0. The second-order valence-electron chi connectivity index (χ2n) is 3.92. The largest absolute Gasteiger partial charge is 0.369 e. The van der Waals surface area contributed by atoms with Gasteiger partial charge in [0.25, 0.3) is 5.69 Å². The maximum atomic E-state index is 10.5. The lowest BCUT2D eigenvalue weighted by atomic mass is 10.3. The maximum Gasteiger partial charge on any atom is 0.287 e. The fourth-order valence-corrected chi connectivity index (χ4v) is 1.44. The number of guanidine groups is 1. The summed E-state index contributed by atoms with van der Waals surface area (Å²) in [6.45, 7) is 1.86. The molecule has 2 rings (SSSR count). The molecule has 8 heteroatoms. The SMILES string of the molecule is Cc1cccnc1N=C(N)Nc1ccc([N+](=O)[O-])cn1. The summed E-state index contributed by atoms with van der Waals surface area (Å²) in [5.41, 5.74) is 6.52. The highest BCUT2D eigenvalue weighted by Gasteiger charge is 2.06. The summed E-state index contributed by atoms with van der Waals surface area (Å²) in [5.74, 6) is 0.970. The molecule has 2 aromatic rings. The van der Waals surface area contributed by atoms with Gasteiger partial charge in [-0.3, -0.25) is 10.1 Å². The van der Waals surface area contributed by atoms with Crippen molar-refractivity contribution in [1.29, 1.82) is 0 Å². The molecular weight excluding hydrogens is 260 g/mol. The summed E-state index contributed by atoms with van der Waals surface area (Å²) in [6.07, 6.45) is 2.75. The molecule has 0 unspecified atom stereocenters. The first-order valence-electron chi connectivity index (χ1n) is 5.69. The monoisotopic (exact) mass is 272 g/mol. The van der Waals surface area contributed by atoms with E-state index in [0.717, 1.165) is 11.8 Å². The van der Waals surface area contributed by atoms with Gasteiger partial charge in [-0.05, 0) is 24.6 Å². The fourth-order valence-electron chi connectivity index (χ4n) is 1.44. The Morgan fingerprint density at radius 2 is 2.20 bits per heavy atom. The van der Waals surface area contributed by atoms with Gasteiger partial charge in [-0.1, -0.05) is 6.07 Å². The first kappa shape index (κ1) is 13.4. The normalized spacial score (nSPS) is 11.2. The van der Waals surface area contributed by atoms with E-state index in [1.807, 2.05) is 13.0 Å². The van der Waals surface area contributed by atoms with Crippen molar-refractivity contribution in [1.82, 2.24) is 9.97 Å². The topological polar surface area (TPSA) is 119 Å². The first-order chi connectivity index (χ1) is 9.56. The Balaban J connectivity index is 2.13. The third-order valence-electron chi connectivity index (χ3n) is 2.42. The van der Waals surface area contributed by atoms with Crippen LogP contribution in [0.2, 0.25) is 0 Å². The van der Waals surface area contributed by atoms with Crippen LogP contribution in [0, 0.1) is 17.0 Å². The number of pyridine rings is 2. The Morgan fingerprint density at radius 1 is 1.40 bits per heavy atom. The Morgan fingerprint density at radius 3 is 2.80 bits per heavy atom. The van der Waals surface area contributed by atoms with Gasteiger partial charge >= 0.3 is 0 Å². The van der Waals surface area contributed by atoms with Crippen LogP contribution in [0.4, 0.5) is 17.3 Å². The van der Waals surface area contributed by atoms with Crippen LogP contribution in [0.3, 0.4) is 0 Å². The Labute approximate surface area is 114 Å². The van der Waals surface area contributed by atoms with Crippen molar-refractivity contribution < 1.29 is 4.92 Å². The molecular formula is C12H12N6O2. The fraction of sp³-hybridized carbons (Fsp3) is 0.0833. The van der Waals surface area contributed by atoms with E-state index in [2.05, 4.69) is 20.3 Å². The predicted molar refractivity (Wildman–Crippen MR) is 74.8 cm³/mol. The van der Waals surface area contributed by atoms with Gasteiger partial charge in [-0.2, -0.15) is 4.99 Å². The molecule has 3 N–H and O–H groups in total. The summed E-state index contributed by atoms with van der Waals surface area (Å²) >= 11 is 0. The molecule has 0 fully saturated rings. The average Bonchev–Trinajstić information content (AvgIpc) is 2.42. The summed E-state index contributed by atoms with van der Waals surface area (Å²) < 4.78 is 0. The standard InChI is InChI=1S/C12H12N6O2/c1-8-3-2-6-14-11(8)17-12(13)16-10-5-4-9(7-15-10)18(19)20/h2-7H,1H3,(H3,13,14,15,16,17). The molecule has 102 valence electrons. The van der Waals surface area contributed by atoms with Crippen LogP contribution >= 0.6 is 0 Å². The molecule has 0 bridgehead atoms. The molecule has 0 aromatic carbocycles. The maximum absolute atomic E-state index is 10.5. The Hall–Kier alpha value is -3.03. The van der Waals surface area contributed by atoms with Gasteiger partial charge in [0.2, 0.25) is 5.96 Å². The number of nitrogens with one attached hydrogen (secondary N) is 1. The number of rotatable bonds is 3. The van der Waals surface area contributed by atoms with Crippen LogP contribution in [0.5, 0.6) is 0 Å².